The molecule has 1 rings (SSSR count). The van der Waals surface area contributed by atoms with E-state index in [1.165, 1.54) is 6.42 Å². The summed E-state index contributed by atoms with van der Waals surface area (Å²) in [6.07, 6.45) is 2.36. The highest BCUT2D eigenvalue weighted by molar-refractivity contribution is 5.79. The summed E-state index contributed by atoms with van der Waals surface area (Å²) in [6.45, 7) is 8.89. The van der Waals surface area contributed by atoms with Crippen molar-refractivity contribution in [3.8, 4) is 6.07 Å². The molecule has 114 valence electrons. The van der Waals surface area contributed by atoms with Crippen molar-refractivity contribution in [2.75, 3.05) is 13.1 Å². The molecule has 0 amide bonds. The maximum Gasteiger partial charge on any atom is 0.191 e. The minimum Gasteiger partial charge on any atom is -0.357 e. The van der Waals surface area contributed by atoms with Gasteiger partial charge in [0.25, 0.3) is 0 Å². The fourth-order valence-corrected chi connectivity index (χ4v) is 1.97. The normalized spacial score (nSPS) is 11.3. The molecule has 0 spiro atoms. The number of nitrogens with one attached hydrogen (secondary N) is 2. The van der Waals surface area contributed by atoms with E-state index in [9.17, 15) is 0 Å². The lowest BCUT2D eigenvalue weighted by Gasteiger charge is -2.12. The first-order valence-corrected chi connectivity index (χ1v) is 7.67. The number of aliphatic imine (C=N–C) groups is 1. The predicted molar refractivity (Wildman–Crippen MR) is 88.0 cm³/mol. The zero-order chi connectivity index (χ0) is 15.5. The monoisotopic (exact) mass is 286 g/mol. The lowest BCUT2D eigenvalue weighted by molar-refractivity contribution is 0.549. The Morgan fingerprint density at radius 2 is 2.14 bits per heavy atom. The van der Waals surface area contributed by atoms with Gasteiger partial charge in [0.05, 0.1) is 18.2 Å². The molecule has 4 heteroatoms. The third kappa shape index (κ3) is 7.36. The van der Waals surface area contributed by atoms with Gasteiger partial charge in [-0.05, 0) is 43.4 Å². The molecule has 0 unspecified atom stereocenters. The van der Waals surface area contributed by atoms with Gasteiger partial charge in [0.2, 0.25) is 0 Å². The Bertz CT molecular complexity index is 486. The lowest BCUT2D eigenvalue weighted by atomic mass is 10.1. The van der Waals surface area contributed by atoms with E-state index in [-0.39, 0.29) is 0 Å². The van der Waals surface area contributed by atoms with Crippen molar-refractivity contribution in [3.05, 3.63) is 35.4 Å². The van der Waals surface area contributed by atoms with E-state index in [0.717, 1.165) is 37.0 Å². The van der Waals surface area contributed by atoms with Crippen LogP contribution in [0.3, 0.4) is 0 Å². The first-order chi connectivity index (χ1) is 10.2. The molecule has 0 radical (unpaired) electrons. The molecule has 0 atom stereocenters. The summed E-state index contributed by atoms with van der Waals surface area (Å²) in [5.41, 5.74) is 1.73. The Labute approximate surface area is 128 Å². The van der Waals surface area contributed by atoms with Crippen LogP contribution >= 0.6 is 0 Å². The SMILES string of the molecule is CCNC(=NCc1cccc(C#N)c1)NCCCC(C)C. The van der Waals surface area contributed by atoms with Crippen molar-refractivity contribution in [2.45, 2.75) is 40.2 Å². The number of nitriles is 1. The number of rotatable bonds is 7. The summed E-state index contributed by atoms with van der Waals surface area (Å²) in [4.78, 5) is 4.56. The van der Waals surface area contributed by atoms with Crippen molar-refractivity contribution in [3.63, 3.8) is 0 Å². The Hall–Kier alpha value is -2.02. The fraction of sp³-hybridized carbons (Fsp3) is 0.529. The molecule has 0 fully saturated rings. The van der Waals surface area contributed by atoms with Crippen LogP contribution in [0.2, 0.25) is 0 Å². The topological polar surface area (TPSA) is 60.2 Å². The smallest absolute Gasteiger partial charge is 0.191 e. The predicted octanol–water partition coefficient (Wildman–Crippen LogP) is 3.05. The van der Waals surface area contributed by atoms with Crippen LogP contribution in [0.15, 0.2) is 29.3 Å². The van der Waals surface area contributed by atoms with E-state index < -0.39 is 0 Å². The van der Waals surface area contributed by atoms with E-state index in [0.29, 0.717) is 12.1 Å². The molecular formula is C17H26N4. The van der Waals surface area contributed by atoms with Crippen molar-refractivity contribution >= 4 is 5.96 Å². The lowest BCUT2D eigenvalue weighted by Crippen LogP contribution is -2.37. The van der Waals surface area contributed by atoms with E-state index in [4.69, 9.17) is 5.26 Å². The summed E-state index contributed by atoms with van der Waals surface area (Å²) in [5.74, 6) is 1.57. The van der Waals surface area contributed by atoms with Crippen LogP contribution in [0, 0.1) is 17.2 Å². The largest absolute Gasteiger partial charge is 0.357 e. The third-order valence-electron chi connectivity index (χ3n) is 3.07. The molecule has 0 saturated carbocycles. The molecule has 2 N–H and O–H groups in total. The molecule has 0 heterocycles. The maximum absolute atomic E-state index is 8.90. The Morgan fingerprint density at radius 3 is 2.81 bits per heavy atom. The van der Waals surface area contributed by atoms with Gasteiger partial charge in [-0.1, -0.05) is 26.0 Å². The van der Waals surface area contributed by atoms with Crippen LogP contribution in [-0.4, -0.2) is 19.0 Å². The van der Waals surface area contributed by atoms with E-state index in [1.807, 2.05) is 24.3 Å². The molecule has 0 bridgehead atoms. The van der Waals surface area contributed by atoms with E-state index >= 15 is 0 Å². The number of benzene rings is 1. The third-order valence-corrected chi connectivity index (χ3v) is 3.07. The van der Waals surface area contributed by atoms with Gasteiger partial charge in [-0.2, -0.15) is 5.26 Å². The fourth-order valence-electron chi connectivity index (χ4n) is 1.97. The highest BCUT2D eigenvalue weighted by atomic mass is 15.2. The second-order valence-electron chi connectivity index (χ2n) is 5.47. The van der Waals surface area contributed by atoms with Crippen LogP contribution in [0.1, 0.15) is 44.7 Å². The maximum atomic E-state index is 8.90. The molecule has 0 aliphatic heterocycles. The molecule has 21 heavy (non-hydrogen) atoms. The summed E-state index contributed by atoms with van der Waals surface area (Å²) in [5, 5.41) is 15.5. The van der Waals surface area contributed by atoms with Gasteiger partial charge in [-0.3, -0.25) is 0 Å². The minimum atomic E-state index is 0.578. The van der Waals surface area contributed by atoms with Crippen LogP contribution in [0.5, 0.6) is 0 Å². The van der Waals surface area contributed by atoms with Crippen molar-refractivity contribution < 1.29 is 0 Å². The standard InChI is InChI=1S/C17H26N4/c1-4-19-17(20-10-6-7-14(2)3)21-13-16-9-5-8-15(11-16)12-18/h5,8-9,11,14H,4,6-7,10,13H2,1-3H3,(H2,19,20,21). The molecule has 0 saturated heterocycles. The molecule has 0 aliphatic rings. The number of guanidine groups is 1. The summed E-state index contributed by atoms with van der Waals surface area (Å²) < 4.78 is 0. The van der Waals surface area contributed by atoms with Gasteiger partial charge in [-0.25, -0.2) is 4.99 Å². The first kappa shape index (κ1) is 17.0. The second kappa shape index (κ2) is 9.82. The Kier molecular flexibility index (Phi) is 7.96. The zero-order valence-corrected chi connectivity index (χ0v) is 13.3. The van der Waals surface area contributed by atoms with Crippen molar-refractivity contribution in [1.82, 2.24) is 10.6 Å². The van der Waals surface area contributed by atoms with Crippen molar-refractivity contribution in [2.24, 2.45) is 10.9 Å². The Balaban J connectivity index is 2.52. The number of nitrogens with zero attached hydrogens (tertiary/aromatic N) is 2. The van der Waals surface area contributed by atoms with Crippen LogP contribution in [0.25, 0.3) is 0 Å². The highest BCUT2D eigenvalue weighted by Crippen LogP contribution is 2.05. The highest BCUT2D eigenvalue weighted by Gasteiger charge is 1.99. The summed E-state index contributed by atoms with van der Waals surface area (Å²) in [6, 6.07) is 9.73. The van der Waals surface area contributed by atoms with Gasteiger partial charge < -0.3 is 10.6 Å². The quantitative estimate of drug-likeness (QED) is 0.460. The molecule has 0 aliphatic carbocycles. The molecule has 0 aromatic heterocycles. The van der Waals surface area contributed by atoms with Crippen LogP contribution in [-0.2, 0) is 6.54 Å². The molecule has 1 aromatic rings. The number of hydrogen-bond donors (Lipinski definition) is 2. The average Bonchev–Trinajstić information content (AvgIpc) is 2.49. The van der Waals surface area contributed by atoms with Crippen LogP contribution in [0.4, 0.5) is 0 Å². The first-order valence-electron chi connectivity index (χ1n) is 7.67. The van der Waals surface area contributed by atoms with Gasteiger partial charge in [0.15, 0.2) is 5.96 Å². The van der Waals surface area contributed by atoms with Gasteiger partial charge in [-0.15, -0.1) is 0 Å². The summed E-state index contributed by atoms with van der Waals surface area (Å²) in [7, 11) is 0. The minimum absolute atomic E-state index is 0.578. The zero-order valence-electron chi connectivity index (χ0n) is 13.3. The average molecular weight is 286 g/mol. The number of hydrogen-bond acceptors (Lipinski definition) is 2. The molecular weight excluding hydrogens is 260 g/mol. The Morgan fingerprint density at radius 1 is 1.33 bits per heavy atom. The molecule has 4 nitrogen and oxygen atoms in total. The van der Waals surface area contributed by atoms with Gasteiger partial charge in [0.1, 0.15) is 0 Å². The molecule has 1 aromatic carbocycles. The van der Waals surface area contributed by atoms with E-state index in [2.05, 4.69) is 42.5 Å². The van der Waals surface area contributed by atoms with Gasteiger partial charge >= 0.3 is 0 Å². The summed E-state index contributed by atoms with van der Waals surface area (Å²) >= 11 is 0. The van der Waals surface area contributed by atoms with Crippen LogP contribution < -0.4 is 10.6 Å². The second-order valence-corrected chi connectivity index (χ2v) is 5.47. The van der Waals surface area contributed by atoms with E-state index in [1.54, 1.807) is 0 Å². The van der Waals surface area contributed by atoms with Crippen molar-refractivity contribution in [1.29, 1.82) is 5.26 Å². The van der Waals surface area contributed by atoms with Gasteiger partial charge in [0, 0.05) is 13.1 Å².